The van der Waals surface area contributed by atoms with E-state index in [0.29, 0.717) is 6.61 Å². The Kier molecular flexibility index (Phi) is 7.31. The molecule has 0 spiro atoms. The summed E-state index contributed by atoms with van der Waals surface area (Å²) >= 11 is 0. The topological polar surface area (TPSA) is 33.7 Å². The summed E-state index contributed by atoms with van der Waals surface area (Å²) in [4.78, 5) is 2.48. The summed E-state index contributed by atoms with van der Waals surface area (Å²) in [6.07, 6.45) is 1.17. The Hall–Kier alpha value is -1.88. The van der Waals surface area contributed by atoms with Gasteiger partial charge in [0.2, 0.25) is 0 Å². The summed E-state index contributed by atoms with van der Waals surface area (Å²) in [6.45, 7) is 7.57. The summed E-state index contributed by atoms with van der Waals surface area (Å²) in [5.74, 6) is 0.927. The Balaban J connectivity index is 1.35. The van der Waals surface area contributed by atoms with Gasteiger partial charge in [-0.05, 0) is 42.8 Å². The number of hydrogen-bond acceptors (Lipinski definition) is 4. The van der Waals surface area contributed by atoms with Crippen molar-refractivity contribution in [1.82, 2.24) is 10.2 Å². The smallest absolute Gasteiger partial charge is 0.120 e. The van der Waals surface area contributed by atoms with Crippen molar-refractivity contribution in [2.45, 2.75) is 19.6 Å². The Morgan fingerprint density at radius 1 is 0.960 bits per heavy atom. The molecule has 0 atom stereocenters. The number of morpholine rings is 1. The van der Waals surface area contributed by atoms with Crippen molar-refractivity contribution in [2.24, 2.45) is 0 Å². The molecule has 134 valence electrons. The van der Waals surface area contributed by atoms with Gasteiger partial charge in [-0.2, -0.15) is 0 Å². The van der Waals surface area contributed by atoms with E-state index in [9.17, 15) is 0 Å². The highest BCUT2D eigenvalue weighted by Crippen LogP contribution is 2.15. The normalized spacial score (nSPS) is 15.2. The molecular formula is C21H28N2O2. The number of ether oxygens (including phenoxy) is 2. The van der Waals surface area contributed by atoms with Gasteiger partial charge in [-0.1, -0.05) is 42.5 Å². The van der Waals surface area contributed by atoms with Gasteiger partial charge < -0.3 is 14.8 Å². The molecule has 0 saturated carbocycles. The van der Waals surface area contributed by atoms with Gasteiger partial charge in [0, 0.05) is 19.6 Å². The maximum Gasteiger partial charge on any atom is 0.120 e. The van der Waals surface area contributed by atoms with E-state index < -0.39 is 0 Å². The highest BCUT2D eigenvalue weighted by Gasteiger charge is 2.08. The third-order valence-electron chi connectivity index (χ3n) is 4.41. The first-order chi connectivity index (χ1) is 12.4. The molecule has 25 heavy (non-hydrogen) atoms. The van der Waals surface area contributed by atoms with E-state index in [2.05, 4.69) is 40.5 Å². The van der Waals surface area contributed by atoms with E-state index in [1.807, 2.05) is 24.3 Å². The number of nitrogens with zero attached hydrogens (tertiary/aromatic N) is 1. The summed E-state index contributed by atoms with van der Waals surface area (Å²) in [5, 5.41) is 3.53. The van der Waals surface area contributed by atoms with Gasteiger partial charge in [0.15, 0.2) is 0 Å². The van der Waals surface area contributed by atoms with Crippen molar-refractivity contribution in [2.75, 3.05) is 39.4 Å². The second-order valence-corrected chi connectivity index (χ2v) is 6.41. The average molecular weight is 340 g/mol. The van der Waals surface area contributed by atoms with E-state index in [0.717, 1.165) is 51.7 Å². The minimum atomic E-state index is 0.608. The third-order valence-corrected chi connectivity index (χ3v) is 4.41. The molecule has 3 rings (SSSR count). The summed E-state index contributed by atoms with van der Waals surface area (Å²) in [5.41, 5.74) is 2.45. The van der Waals surface area contributed by atoms with Crippen molar-refractivity contribution < 1.29 is 9.47 Å². The van der Waals surface area contributed by atoms with Crippen LogP contribution in [0.25, 0.3) is 0 Å². The van der Waals surface area contributed by atoms with Crippen molar-refractivity contribution in [1.29, 1.82) is 0 Å². The lowest BCUT2D eigenvalue weighted by atomic mass is 10.2. The molecule has 4 heteroatoms. The van der Waals surface area contributed by atoms with Crippen LogP contribution < -0.4 is 10.1 Å². The monoisotopic (exact) mass is 340 g/mol. The van der Waals surface area contributed by atoms with Gasteiger partial charge >= 0.3 is 0 Å². The van der Waals surface area contributed by atoms with Gasteiger partial charge in [-0.15, -0.1) is 0 Å². The van der Waals surface area contributed by atoms with Gasteiger partial charge in [0.25, 0.3) is 0 Å². The molecular weight excluding hydrogens is 312 g/mol. The Bertz CT molecular complexity index is 612. The number of hydrogen-bond donors (Lipinski definition) is 1. The predicted molar refractivity (Wildman–Crippen MR) is 101 cm³/mol. The molecule has 1 fully saturated rings. The molecule has 1 aliphatic heterocycles. The predicted octanol–water partition coefficient (Wildman–Crippen LogP) is 3.08. The van der Waals surface area contributed by atoms with E-state index in [1.165, 1.54) is 17.5 Å². The molecule has 0 aliphatic carbocycles. The van der Waals surface area contributed by atoms with Crippen LogP contribution >= 0.6 is 0 Å². The largest absolute Gasteiger partial charge is 0.489 e. The molecule has 2 aromatic rings. The van der Waals surface area contributed by atoms with Crippen LogP contribution in [-0.4, -0.2) is 44.3 Å². The van der Waals surface area contributed by atoms with Crippen molar-refractivity contribution in [3.05, 3.63) is 65.7 Å². The lowest BCUT2D eigenvalue weighted by Crippen LogP contribution is -2.37. The summed E-state index contributed by atoms with van der Waals surface area (Å²) < 4.78 is 11.3. The molecule has 4 nitrogen and oxygen atoms in total. The zero-order valence-electron chi connectivity index (χ0n) is 14.8. The fourth-order valence-corrected chi connectivity index (χ4v) is 2.97. The summed E-state index contributed by atoms with van der Waals surface area (Å²) in [6, 6.07) is 18.6. The molecule has 0 aromatic heterocycles. The molecule has 1 aliphatic rings. The van der Waals surface area contributed by atoms with Gasteiger partial charge in [-0.25, -0.2) is 0 Å². The maximum absolute atomic E-state index is 5.89. The van der Waals surface area contributed by atoms with E-state index in [1.54, 1.807) is 0 Å². The van der Waals surface area contributed by atoms with E-state index >= 15 is 0 Å². The van der Waals surface area contributed by atoms with Gasteiger partial charge in [-0.3, -0.25) is 4.90 Å². The molecule has 2 aromatic carbocycles. The Morgan fingerprint density at radius 3 is 2.60 bits per heavy atom. The van der Waals surface area contributed by atoms with E-state index in [-0.39, 0.29) is 0 Å². The minimum absolute atomic E-state index is 0.608. The van der Waals surface area contributed by atoms with Crippen molar-refractivity contribution in [3.8, 4) is 5.75 Å². The fourth-order valence-electron chi connectivity index (χ4n) is 2.97. The summed E-state index contributed by atoms with van der Waals surface area (Å²) in [7, 11) is 0. The molecule has 0 bridgehead atoms. The van der Waals surface area contributed by atoms with Crippen LogP contribution in [0.15, 0.2) is 54.6 Å². The highest BCUT2D eigenvalue weighted by molar-refractivity contribution is 5.29. The number of benzene rings is 2. The second-order valence-electron chi connectivity index (χ2n) is 6.41. The maximum atomic E-state index is 5.89. The van der Waals surface area contributed by atoms with Crippen LogP contribution in [0.5, 0.6) is 5.75 Å². The van der Waals surface area contributed by atoms with Crippen LogP contribution in [0, 0.1) is 0 Å². The molecule has 1 heterocycles. The van der Waals surface area contributed by atoms with Gasteiger partial charge in [0.1, 0.15) is 12.4 Å². The molecule has 0 radical (unpaired) electrons. The first kappa shape index (κ1) is 17.9. The lowest BCUT2D eigenvalue weighted by molar-refractivity contribution is 0.0374. The SMILES string of the molecule is c1ccc(COc2cccc(CNCCCN3CCOCC3)c2)cc1. The third kappa shape index (κ3) is 6.50. The molecule has 0 amide bonds. The second kappa shape index (κ2) is 10.2. The first-order valence-electron chi connectivity index (χ1n) is 9.17. The average Bonchev–Trinajstić information content (AvgIpc) is 2.68. The van der Waals surface area contributed by atoms with Crippen LogP contribution in [0.1, 0.15) is 17.5 Å². The van der Waals surface area contributed by atoms with Crippen LogP contribution in [0.4, 0.5) is 0 Å². The van der Waals surface area contributed by atoms with Gasteiger partial charge in [0.05, 0.1) is 13.2 Å². The lowest BCUT2D eigenvalue weighted by Gasteiger charge is -2.26. The Morgan fingerprint density at radius 2 is 1.76 bits per heavy atom. The number of nitrogens with one attached hydrogen (secondary N) is 1. The highest BCUT2D eigenvalue weighted by atomic mass is 16.5. The molecule has 0 unspecified atom stereocenters. The molecule has 1 saturated heterocycles. The zero-order valence-corrected chi connectivity index (χ0v) is 14.8. The van der Waals surface area contributed by atoms with Crippen LogP contribution in [0.3, 0.4) is 0 Å². The Labute approximate surface area is 150 Å². The van der Waals surface area contributed by atoms with Crippen LogP contribution in [0.2, 0.25) is 0 Å². The number of rotatable bonds is 9. The zero-order chi connectivity index (χ0) is 17.2. The fraction of sp³-hybridized carbons (Fsp3) is 0.429. The standard InChI is InChI=1S/C21H28N2O2/c1-2-6-19(7-3-1)18-25-21-9-4-8-20(16-21)17-22-10-5-11-23-12-14-24-15-13-23/h1-4,6-9,16,22H,5,10-15,17-18H2. The quantitative estimate of drug-likeness (QED) is 0.711. The van der Waals surface area contributed by atoms with E-state index in [4.69, 9.17) is 9.47 Å². The molecule has 1 N–H and O–H groups in total. The minimum Gasteiger partial charge on any atom is -0.489 e. The van der Waals surface area contributed by atoms with Crippen LogP contribution in [-0.2, 0) is 17.9 Å². The van der Waals surface area contributed by atoms with Crippen molar-refractivity contribution >= 4 is 0 Å². The van der Waals surface area contributed by atoms with Crippen molar-refractivity contribution in [3.63, 3.8) is 0 Å². The first-order valence-corrected chi connectivity index (χ1v) is 9.17.